The van der Waals surface area contributed by atoms with Crippen LogP contribution in [0.25, 0.3) is 11.6 Å². The van der Waals surface area contributed by atoms with Gasteiger partial charge in [0.15, 0.2) is 5.82 Å². The van der Waals surface area contributed by atoms with Crippen molar-refractivity contribution in [3.63, 3.8) is 0 Å². The molecule has 1 saturated heterocycles. The van der Waals surface area contributed by atoms with Crippen molar-refractivity contribution in [3.8, 4) is 11.6 Å². The Morgan fingerprint density at radius 3 is 2.76 bits per heavy atom. The highest BCUT2D eigenvalue weighted by Crippen LogP contribution is 2.27. The minimum atomic E-state index is -0.307. The second-order valence-corrected chi connectivity index (χ2v) is 5.65. The van der Waals surface area contributed by atoms with E-state index in [1.54, 1.807) is 12.1 Å². The molecule has 3 rings (SSSR count). The average Bonchev–Trinajstić information content (AvgIpc) is 2.99. The molecular formula is C14H19N5O2. The summed E-state index contributed by atoms with van der Waals surface area (Å²) in [5.74, 6) is 0.968. The van der Waals surface area contributed by atoms with Gasteiger partial charge in [0.25, 0.3) is 5.89 Å². The predicted molar refractivity (Wildman–Crippen MR) is 77.8 cm³/mol. The highest BCUT2D eigenvalue weighted by atomic mass is 16.5. The molecule has 0 saturated carbocycles. The Kier molecular flexibility index (Phi) is 3.60. The second kappa shape index (κ2) is 5.42. The fourth-order valence-electron chi connectivity index (χ4n) is 2.52. The number of pyridine rings is 1. The van der Waals surface area contributed by atoms with Crippen molar-refractivity contribution < 1.29 is 4.52 Å². The summed E-state index contributed by atoms with van der Waals surface area (Å²) in [5, 5.41) is 7.43. The van der Waals surface area contributed by atoms with E-state index in [9.17, 15) is 4.79 Å². The molecule has 7 heteroatoms. The number of rotatable bonds is 3. The number of H-pyrrole nitrogens is 1. The zero-order valence-corrected chi connectivity index (χ0v) is 12.2. The first-order valence-corrected chi connectivity index (χ1v) is 7.07. The summed E-state index contributed by atoms with van der Waals surface area (Å²) in [6.45, 7) is 7.97. The van der Waals surface area contributed by atoms with Gasteiger partial charge in [-0.2, -0.15) is 4.98 Å². The van der Waals surface area contributed by atoms with Crippen LogP contribution >= 0.6 is 0 Å². The van der Waals surface area contributed by atoms with E-state index in [2.05, 4.69) is 39.2 Å². The Labute approximate surface area is 122 Å². The summed E-state index contributed by atoms with van der Waals surface area (Å²) in [6.07, 6.45) is 0. The van der Waals surface area contributed by atoms with E-state index in [0.717, 1.165) is 26.2 Å². The molecule has 112 valence electrons. The third-order valence-electron chi connectivity index (χ3n) is 3.88. The third-order valence-corrected chi connectivity index (χ3v) is 3.88. The summed E-state index contributed by atoms with van der Waals surface area (Å²) in [5.41, 5.74) is 0.0461. The topological polar surface area (TPSA) is 87.0 Å². The SMILES string of the molecule is CC(C)(c1noc(-c2cccc(=O)[nH]2)n1)N1CCNCC1. The molecule has 7 nitrogen and oxygen atoms in total. The second-order valence-electron chi connectivity index (χ2n) is 5.65. The molecule has 3 heterocycles. The minimum Gasteiger partial charge on any atom is -0.332 e. The van der Waals surface area contributed by atoms with Crippen LogP contribution in [0.5, 0.6) is 0 Å². The lowest BCUT2D eigenvalue weighted by molar-refractivity contribution is 0.0925. The molecule has 1 fully saturated rings. The average molecular weight is 289 g/mol. The van der Waals surface area contributed by atoms with Crippen molar-refractivity contribution in [3.05, 3.63) is 34.4 Å². The Bertz CT molecular complexity index is 670. The number of nitrogens with zero attached hydrogens (tertiary/aromatic N) is 3. The van der Waals surface area contributed by atoms with Crippen LogP contribution in [0.4, 0.5) is 0 Å². The van der Waals surface area contributed by atoms with E-state index in [0.29, 0.717) is 17.4 Å². The summed E-state index contributed by atoms with van der Waals surface area (Å²) in [4.78, 5) is 20.8. The molecule has 0 spiro atoms. The first-order valence-electron chi connectivity index (χ1n) is 7.07. The van der Waals surface area contributed by atoms with Crippen molar-refractivity contribution in [1.82, 2.24) is 25.3 Å². The summed E-state index contributed by atoms with van der Waals surface area (Å²) in [6, 6.07) is 4.86. The Morgan fingerprint density at radius 1 is 1.29 bits per heavy atom. The van der Waals surface area contributed by atoms with Crippen LogP contribution in [0.3, 0.4) is 0 Å². The zero-order valence-electron chi connectivity index (χ0n) is 12.2. The predicted octanol–water partition coefficient (Wildman–Crippen LogP) is 0.565. The van der Waals surface area contributed by atoms with Crippen LogP contribution in [-0.4, -0.2) is 46.2 Å². The van der Waals surface area contributed by atoms with E-state index in [1.165, 1.54) is 6.07 Å². The van der Waals surface area contributed by atoms with Gasteiger partial charge in [0.1, 0.15) is 5.69 Å². The normalized spacial score (nSPS) is 17.0. The molecule has 2 aromatic heterocycles. The van der Waals surface area contributed by atoms with Gasteiger partial charge in [0.05, 0.1) is 5.54 Å². The standard InChI is InChI=1S/C14H19N5O2/c1-14(2,19-8-6-15-7-9-19)13-17-12(21-18-13)10-4-3-5-11(20)16-10/h3-5,15H,6-9H2,1-2H3,(H,16,20). The van der Waals surface area contributed by atoms with E-state index in [4.69, 9.17) is 4.52 Å². The maximum absolute atomic E-state index is 11.4. The summed E-state index contributed by atoms with van der Waals surface area (Å²) < 4.78 is 5.31. The van der Waals surface area contributed by atoms with Gasteiger partial charge in [-0.05, 0) is 19.9 Å². The molecule has 21 heavy (non-hydrogen) atoms. The first-order chi connectivity index (χ1) is 10.1. The number of hydrogen-bond donors (Lipinski definition) is 2. The van der Waals surface area contributed by atoms with Crippen LogP contribution in [0.2, 0.25) is 0 Å². The Morgan fingerprint density at radius 2 is 2.05 bits per heavy atom. The molecular weight excluding hydrogens is 270 g/mol. The van der Waals surface area contributed by atoms with Crippen molar-refractivity contribution in [2.75, 3.05) is 26.2 Å². The van der Waals surface area contributed by atoms with Crippen molar-refractivity contribution in [2.45, 2.75) is 19.4 Å². The molecule has 0 bridgehead atoms. The Hall–Kier alpha value is -1.99. The molecule has 1 aliphatic rings. The quantitative estimate of drug-likeness (QED) is 0.859. The van der Waals surface area contributed by atoms with Gasteiger partial charge >= 0.3 is 0 Å². The van der Waals surface area contributed by atoms with Crippen LogP contribution in [0.15, 0.2) is 27.5 Å². The highest BCUT2D eigenvalue weighted by molar-refractivity contribution is 5.45. The van der Waals surface area contributed by atoms with Crippen molar-refractivity contribution in [1.29, 1.82) is 0 Å². The number of piperazine rings is 1. The van der Waals surface area contributed by atoms with Crippen LogP contribution in [0.1, 0.15) is 19.7 Å². The summed E-state index contributed by atoms with van der Waals surface area (Å²) >= 11 is 0. The molecule has 1 aliphatic heterocycles. The van der Waals surface area contributed by atoms with Gasteiger partial charge in [0.2, 0.25) is 5.56 Å². The van der Waals surface area contributed by atoms with Gasteiger partial charge in [-0.25, -0.2) is 0 Å². The van der Waals surface area contributed by atoms with Crippen molar-refractivity contribution >= 4 is 0 Å². The molecule has 2 N–H and O–H groups in total. The van der Waals surface area contributed by atoms with Gasteiger partial charge in [-0.3, -0.25) is 9.69 Å². The number of aromatic amines is 1. The number of aromatic nitrogens is 3. The maximum atomic E-state index is 11.4. The highest BCUT2D eigenvalue weighted by Gasteiger charge is 2.34. The van der Waals surface area contributed by atoms with E-state index >= 15 is 0 Å². The molecule has 2 aromatic rings. The van der Waals surface area contributed by atoms with E-state index in [1.807, 2.05) is 0 Å². The molecule has 0 aromatic carbocycles. The molecule has 0 amide bonds. The maximum Gasteiger partial charge on any atom is 0.274 e. The lowest BCUT2D eigenvalue weighted by atomic mass is 10.0. The molecule has 0 radical (unpaired) electrons. The molecule has 0 atom stereocenters. The monoisotopic (exact) mass is 289 g/mol. The van der Waals surface area contributed by atoms with E-state index < -0.39 is 0 Å². The number of nitrogens with one attached hydrogen (secondary N) is 2. The number of hydrogen-bond acceptors (Lipinski definition) is 6. The summed E-state index contributed by atoms with van der Waals surface area (Å²) in [7, 11) is 0. The lowest BCUT2D eigenvalue weighted by Crippen LogP contribution is -2.52. The van der Waals surface area contributed by atoms with Gasteiger partial charge in [0, 0.05) is 32.2 Å². The fourth-order valence-corrected chi connectivity index (χ4v) is 2.52. The van der Waals surface area contributed by atoms with Gasteiger partial charge in [-0.1, -0.05) is 11.2 Å². The molecule has 0 aliphatic carbocycles. The van der Waals surface area contributed by atoms with Crippen molar-refractivity contribution in [2.24, 2.45) is 0 Å². The van der Waals surface area contributed by atoms with Gasteiger partial charge in [-0.15, -0.1) is 0 Å². The molecule has 0 unspecified atom stereocenters. The van der Waals surface area contributed by atoms with Crippen LogP contribution in [0, 0.1) is 0 Å². The van der Waals surface area contributed by atoms with Crippen LogP contribution < -0.4 is 10.9 Å². The largest absolute Gasteiger partial charge is 0.332 e. The third kappa shape index (κ3) is 2.74. The lowest BCUT2D eigenvalue weighted by Gasteiger charge is -2.38. The Balaban J connectivity index is 1.88. The van der Waals surface area contributed by atoms with Gasteiger partial charge < -0.3 is 14.8 Å². The van der Waals surface area contributed by atoms with E-state index in [-0.39, 0.29) is 11.1 Å². The smallest absolute Gasteiger partial charge is 0.274 e. The minimum absolute atomic E-state index is 0.186. The van der Waals surface area contributed by atoms with Crippen LogP contribution in [-0.2, 0) is 5.54 Å². The fraction of sp³-hybridized carbons (Fsp3) is 0.500. The first kappa shape index (κ1) is 14.0. The zero-order chi connectivity index (χ0) is 14.9.